The molecule has 17 heavy (non-hydrogen) atoms. The summed E-state index contributed by atoms with van der Waals surface area (Å²) in [6.07, 6.45) is 1.71. The van der Waals surface area contributed by atoms with Gasteiger partial charge in [0, 0.05) is 17.5 Å². The Bertz CT molecular complexity index is 537. The fourth-order valence-electron chi connectivity index (χ4n) is 1.89. The second-order valence-electron chi connectivity index (χ2n) is 4.18. The van der Waals surface area contributed by atoms with E-state index in [1.54, 1.807) is 18.3 Å². The van der Waals surface area contributed by atoms with E-state index in [1.807, 2.05) is 26.0 Å². The van der Waals surface area contributed by atoms with E-state index < -0.39 is 6.04 Å². The van der Waals surface area contributed by atoms with Gasteiger partial charge >= 0.3 is 0 Å². The van der Waals surface area contributed by atoms with Gasteiger partial charge in [-0.25, -0.2) is 4.39 Å². The monoisotopic (exact) mass is 230 g/mol. The minimum atomic E-state index is -0.469. The van der Waals surface area contributed by atoms with Crippen LogP contribution in [0.1, 0.15) is 28.4 Å². The number of halogens is 1. The van der Waals surface area contributed by atoms with Crippen molar-refractivity contribution in [3.8, 4) is 0 Å². The van der Waals surface area contributed by atoms with Gasteiger partial charge in [-0.2, -0.15) is 0 Å². The van der Waals surface area contributed by atoms with Crippen molar-refractivity contribution in [2.45, 2.75) is 19.9 Å². The maximum absolute atomic E-state index is 13.7. The predicted octanol–water partition coefficient (Wildman–Crippen LogP) is 2.89. The molecule has 0 bridgehead atoms. The molecule has 0 aliphatic rings. The Morgan fingerprint density at radius 1 is 1.18 bits per heavy atom. The van der Waals surface area contributed by atoms with E-state index in [1.165, 1.54) is 6.07 Å². The zero-order valence-corrected chi connectivity index (χ0v) is 9.94. The zero-order chi connectivity index (χ0) is 12.4. The van der Waals surface area contributed by atoms with Crippen LogP contribution in [0.15, 0.2) is 36.5 Å². The van der Waals surface area contributed by atoms with Crippen molar-refractivity contribution in [1.29, 1.82) is 0 Å². The van der Waals surface area contributed by atoms with Crippen LogP contribution in [-0.4, -0.2) is 4.98 Å². The van der Waals surface area contributed by atoms with Gasteiger partial charge < -0.3 is 5.73 Å². The van der Waals surface area contributed by atoms with E-state index in [0.717, 1.165) is 16.8 Å². The third kappa shape index (κ3) is 2.34. The van der Waals surface area contributed by atoms with Gasteiger partial charge in [-0.3, -0.25) is 4.98 Å². The fraction of sp³-hybridized carbons (Fsp3) is 0.214. The molecule has 2 nitrogen and oxygen atoms in total. The van der Waals surface area contributed by atoms with Crippen LogP contribution in [0.25, 0.3) is 0 Å². The molecule has 0 aliphatic carbocycles. The number of aromatic nitrogens is 1. The first-order valence-electron chi connectivity index (χ1n) is 5.52. The summed E-state index contributed by atoms with van der Waals surface area (Å²) in [5.74, 6) is -0.272. The first-order valence-corrected chi connectivity index (χ1v) is 5.52. The number of nitrogens with zero attached hydrogens (tertiary/aromatic N) is 1. The Hall–Kier alpha value is -1.74. The molecule has 1 aromatic heterocycles. The van der Waals surface area contributed by atoms with Gasteiger partial charge in [0.05, 0.1) is 6.04 Å². The van der Waals surface area contributed by atoms with Crippen LogP contribution >= 0.6 is 0 Å². The third-order valence-electron chi connectivity index (χ3n) is 2.87. The molecule has 2 rings (SSSR count). The van der Waals surface area contributed by atoms with Crippen molar-refractivity contribution in [1.82, 2.24) is 4.98 Å². The summed E-state index contributed by atoms with van der Waals surface area (Å²) in [5.41, 5.74) is 9.31. The second kappa shape index (κ2) is 4.63. The molecule has 0 saturated heterocycles. The minimum absolute atomic E-state index is 0.272. The maximum atomic E-state index is 13.7. The first kappa shape index (κ1) is 11.7. The van der Waals surface area contributed by atoms with Crippen molar-refractivity contribution in [2.24, 2.45) is 5.73 Å². The lowest BCUT2D eigenvalue weighted by atomic mass is 9.97. The molecule has 2 N–H and O–H groups in total. The highest BCUT2D eigenvalue weighted by molar-refractivity contribution is 5.36. The molecule has 1 atom stereocenters. The standard InChI is InChI=1S/C14H15FN2/c1-9-5-6-13(15)12(8-9)14(16)11-4-3-7-17-10(11)2/h3-8,14H,16H2,1-2H3. The van der Waals surface area contributed by atoms with Crippen molar-refractivity contribution in [3.05, 3.63) is 64.7 Å². The highest BCUT2D eigenvalue weighted by atomic mass is 19.1. The number of hydrogen-bond acceptors (Lipinski definition) is 2. The summed E-state index contributed by atoms with van der Waals surface area (Å²) in [5, 5.41) is 0. The molecule has 0 radical (unpaired) electrons. The topological polar surface area (TPSA) is 38.9 Å². The Morgan fingerprint density at radius 3 is 2.65 bits per heavy atom. The Labute approximate surface area is 100 Å². The number of hydrogen-bond donors (Lipinski definition) is 1. The highest BCUT2D eigenvalue weighted by Gasteiger charge is 2.15. The summed E-state index contributed by atoms with van der Waals surface area (Å²) in [6, 6.07) is 8.21. The normalized spacial score (nSPS) is 12.5. The van der Waals surface area contributed by atoms with Gasteiger partial charge in [0.1, 0.15) is 5.82 Å². The third-order valence-corrected chi connectivity index (χ3v) is 2.87. The van der Waals surface area contributed by atoms with E-state index in [4.69, 9.17) is 5.73 Å². The first-order chi connectivity index (χ1) is 8.09. The van der Waals surface area contributed by atoms with Crippen molar-refractivity contribution < 1.29 is 4.39 Å². The molecule has 0 spiro atoms. The summed E-state index contributed by atoms with van der Waals surface area (Å²) >= 11 is 0. The van der Waals surface area contributed by atoms with Gasteiger partial charge in [-0.1, -0.05) is 23.8 Å². The van der Waals surface area contributed by atoms with Gasteiger partial charge in [-0.05, 0) is 31.5 Å². The van der Waals surface area contributed by atoms with Crippen molar-refractivity contribution >= 4 is 0 Å². The number of benzene rings is 1. The van der Waals surface area contributed by atoms with Crippen LogP contribution in [0.4, 0.5) is 4.39 Å². The average Bonchev–Trinajstić information content (AvgIpc) is 2.32. The number of nitrogens with two attached hydrogens (primary N) is 1. The van der Waals surface area contributed by atoms with E-state index in [-0.39, 0.29) is 5.82 Å². The number of aryl methyl sites for hydroxylation is 2. The summed E-state index contributed by atoms with van der Waals surface area (Å²) in [4.78, 5) is 4.18. The number of rotatable bonds is 2. The highest BCUT2D eigenvalue weighted by Crippen LogP contribution is 2.24. The molecule has 1 aromatic carbocycles. The quantitative estimate of drug-likeness (QED) is 0.861. The largest absolute Gasteiger partial charge is 0.320 e. The van der Waals surface area contributed by atoms with E-state index in [9.17, 15) is 4.39 Å². The lowest BCUT2D eigenvalue weighted by molar-refractivity contribution is 0.598. The van der Waals surface area contributed by atoms with Gasteiger partial charge in [0.2, 0.25) is 0 Å². The zero-order valence-electron chi connectivity index (χ0n) is 9.94. The molecule has 0 amide bonds. The maximum Gasteiger partial charge on any atom is 0.128 e. The van der Waals surface area contributed by atoms with Crippen LogP contribution in [-0.2, 0) is 0 Å². The lowest BCUT2D eigenvalue weighted by Crippen LogP contribution is -2.15. The smallest absolute Gasteiger partial charge is 0.128 e. The molecule has 88 valence electrons. The second-order valence-corrected chi connectivity index (χ2v) is 4.18. The molecule has 1 unspecified atom stereocenters. The summed E-state index contributed by atoms with van der Waals surface area (Å²) in [7, 11) is 0. The van der Waals surface area contributed by atoms with Crippen LogP contribution in [0.3, 0.4) is 0 Å². The van der Waals surface area contributed by atoms with E-state index in [0.29, 0.717) is 5.56 Å². The summed E-state index contributed by atoms with van der Waals surface area (Å²) < 4.78 is 13.7. The van der Waals surface area contributed by atoms with Gasteiger partial charge in [-0.15, -0.1) is 0 Å². The predicted molar refractivity (Wildman–Crippen MR) is 66.1 cm³/mol. The molecule has 2 aromatic rings. The Kier molecular flexibility index (Phi) is 3.20. The van der Waals surface area contributed by atoms with E-state index in [2.05, 4.69) is 4.98 Å². The molecule has 3 heteroatoms. The summed E-state index contributed by atoms with van der Waals surface area (Å²) in [6.45, 7) is 3.80. The lowest BCUT2D eigenvalue weighted by Gasteiger charge is -2.15. The molecule has 1 heterocycles. The van der Waals surface area contributed by atoms with Gasteiger partial charge in [0.15, 0.2) is 0 Å². The van der Waals surface area contributed by atoms with Gasteiger partial charge in [0.25, 0.3) is 0 Å². The number of pyridine rings is 1. The van der Waals surface area contributed by atoms with Crippen LogP contribution < -0.4 is 5.73 Å². The molecule has 0 fully saturated rings. The van der Waals surface area contributed by atoms with Crippen molar-refractivity contribution in [2.75, 3.05) is 0 Å². The van der Waals surface area contributed by atoms with E-state index >= 15 is 0 Å². The SMILES string of the molecule is Cc1ccc(F)c(C(N)c2cccnc2C)c1. The molecule has 0 saturated carbocycles. The van der Waals surface area contributed by atoms with Crippen LogP contribution in [0.5, 0.6) is 0 Å². The Balaban J connectivity index is 2.47. The molecular weight excluding hydrogens is 215 g/mol. The fourth-order valence-corrected chi connectivity index (χ4v) is 1.89. The van der Waals surface area contributed by atoms with Crippen LogP contribution in [0, 0.1) is 19.7 Å². The van der Waals surface area contributed by atoms with Crippen molar-refractivity contribution in [3.63, 3.8) is 0 Å². The Morgan fingerprint density at radius 2 is 1.94 bits per heavy atom. The molecule has 0 aliphatic heterocycles. The minimum Gasteiger partial charge on any atom is -0.320 e. The van der Waals surface area contributed by atoms with Crippen LogP contribution in [0.2, 0.25) is 0 Å². The molecular formula is C14H15FN2. The average molecular weight is 230 g/mol.